The molecule has 7 heteroatoms. The van der Waals surface area contributed by atoms with Gasteiger partial charge in [-0.3, -0.25) is 0 Å². The number of carbonyl (C=O) groups is 1. The van der Waals surface area contributed by atoms with Crippen molar-refractivity contribution in [2.45, 2.75) is 6.92 Å². The van der Waals surface area contributed by atoms with E-state index in [0.29, 0.717) is 22.9 Å². The molecule has 2 heterocycles. The summed E-state index contributed by atoms with van der Waals surface area (Å²) >= 11 is 0. The molecule has 1 aromatic heterocycles. The summed E-state index contributed by atoms with van der Waals surface area (Å²) in [6.45, 7) is 1.84. The fourth-order valence-electron chi connectivity index (χ4n) is 1.79. The van der Waals surface area contributed by atoms with E-state index >= 15 is 0 Å². The van der Waals surface area contributed by atoms with Gasteiger partial charge in [-0.25, -0.2) is 9.48 Å². The van der Waals surface area contributed by atoms with Crippen molar-refractivity contribution in [1.29, 1.82) is 0 Å². The Morgan fingerprint density at radius 3 is 2.89 bits per heavy atom. The van der Waals surface area contributed by atoms with Gasteiger partial charge < -0.3 is 14.6 Å². The summed E-state index contributed by atoms with van der Waals surface area (Å²) < 4.78 is 11.9. The average Bonchev–Trinajstić information content (AvgIpc) is 2.93. The lowest BCUT2D eigenvalue weighted by Gasteiger charge is -2.04. The molecule has 0 unspecified atom stereocenters. The largest absolute Gasteiger partial charge is 0.476 e. The van der Waals surface area contributed by atoms with Crippen LogP contribution in [-0.4, -0.2) is 32.9 Å². The summed E-state index contributed by atoms with van der Waals surface area (Å²) in [5.74, 6) is 0.175. The SMILES string of the molecule is Cc1c(C(=O)O)nnn1-c1ccc2c(c1)OCO2. The van der Waals surface area contributed by atoms with Gasteiger partial charge in [0.25, 0.3) is 0 Å². The molecule has 0 saturated carbocycles. The first kappa shape index (κ1) is 10.6. The Hall–Kier alpha value is -2.57. The number of aromatic nitrogens is 3. The van der Waals surface area contributed by atoms with Crippen LogP contribution in [0.4, 0.5) is 0 Å². The molecule has 1 N–H and O–H groups in total. The van der Waals surface area contributed by atoms with Gasteiger partial charge in [0.2, 0.25) is 6.79 Å². The molecule has 0 aliphatic carbocycles. The minimum absolute atomic E-state index is 0.0623. The number of aromatic carboxylic acids is 1. The second-order valence-electron chi connectivity index (χ2n) is 3.78. The number of hydrogen-bond acceptors (Lipinski definition) is 5. The highest BCUT2D eigenvalue weighted by Crippen LogP contribution is 2.33. The van der Waals surface area contributed by atoms with Crippen molar-refractivity contribution in [3.63, 3.8) is 0 Å². The maximum absolute atomic E-state index is 10.9. The van der Waals surface area contributed by atoms with Crippen molar-refractivity contribution >= 4 is 5.97 Å². The first-order valence-corrected chi connectivity index (χ1v) is 5.22. The summed E-state index contributed by atoms with van der Waals surface area (Å²) in [6.07, 6.45) is 0. The van der Waals surface area contributed by atoms with E-state index in [-0.39, 0.29) is 12.5 Å². The summed E-state index contributed by atoms with van der Waals surface area (Å²) in [6, 6.07) is 5.25. The van der Waals surface area contributed by atoms with E-state index in [1.165, 1.54) is 4.68 Å². The highest BCUT2D eigenvalue weighted by atomic mass is 16.7. The molecule has 7 nitrogen and oxygen atoms in total. The van der Waals surface area contributed by atoms with E-state index in [1.54, 1.807) is 25.1 Å². The number of nitrogens with zero attached hydrogens (tertiary/aromatic N) is 3. The van der Waals surface area contributed by atoms with E-state index < -0.39 is 5.97 Å². The van der Waals surface area contributed by atoms with Gasteiger partial charge in [-0.05, 0) is 19.1 Å². The van der Waals surface area contributed by atoms with Gasteiger partial charge >= 0.3 is 5.97 Å². The van der Waals surface area contributed by atoms with Crippen molar-refractivity contribution in [2.24, 2.45) is 0 Å². The van der Waals surface area contributed by atoms with Gasteiger partial charge in [0.1, 0.15) is 0 Å². The first-order valence-electron chi connectivity index (χ1n) is 5.22. The normalized spacial score (nSPS) is 12.7. The fourth-order valence-corrected chi connectivity index (χ4v) is 1.79. The van der Waals surface area contributed by atoms with Crippen LogP contribution in [0.5, 0.6) is 11.5 Å². The maximum atomic E-state index is 10.9. The van der Waals surface area contributed by atoms with Crippen molar-refractivity contribution in [2.75, 3.05) is 6.79 Å². The van der Waals surface area contributed by atoms with Crippen molar-refractivity contribution in [1.82, 2.24) is 15.0 Å². The lowest BCUT2D eigenvalue weighted by atomic mass is 10.2. The Kier molecular flexibility index (Phi) is 2.19. The Bertz CT molecular complexity index is 635. The molecule has 92 valence electrons. The van der Waals surface area contributed by atoms with Crippen LogP contribution in [0, 0.1) is 6.92 Å². The Morgan fingerprint density at radius 1 is 1.39 bits per heavy atom. The highest BCUT2D eigenvalue weighted by molar-refractivity contribution is 5.86. The van der Waals surface area contributed by atoms with Gasteiger partial charge in [-0.1, -0.05) is 5.21 Å². The second kappa shape index (κ2) is 3.73. The van der Waals surface area contributed by atoms with E-state index in [2.05, 4.69) is 10.3 Å². The lowest BCUT2D eigenvalue weighted by Crippen LogP contribution is -2.02. The molecule has 1 aliphatic rings. The van der Waals surface area contributed by atoms with Crippen LogP contribution >= 0.6 is 0 Å². The molecule has 1 aliphatic heterocycles. The standard InChI is InChI=1S/C11H9N3O4/c1-6-10(11(15)16)12-13-14(6)7-2-3-8-9(4-7)18-5-17-8/h2-4H,5H2,1H3,(H,15,16). The van der Waals surface area contributed by atoms with Gasteiger partial charge in [0, 0.05) is 6.07 Å². The van der Waals surface area contributed by atoms with Crippen LogP contribution in [-0.2, 0) is 0 Å². The van der Waals surface area contributed by atoms with Crippen molar-refractivity contribution in [3.8, 4) is 17.2 Å². The van der Waals surface area contributed by atoms with E-state index in [1.807, 2.05) is 0 Å². The molecule has 0 radical (unpaired) electrons. The number of ether oxygens (including phenoxy) is 2. The summed E-state index contributed by atoms with van der Waals surface area (Å²) in [5.41, 5.74) is 1.07. The van der Waals surface area contributed by atoms with E-state index in [0.717, 1.165) is 0 Å². The number of fused-ring (bicyclic) bond motifs is 1. The molecule has 18 heavy (non-hydrogen) atoms. The average molecular weight is 247 g/mol. The molecule has 3 rings (SSSR count). The third kappa shape index (κ3) is 1.48. The highest BCUT2D eigenvalue weighted by Gasteiger charge is 2.18. The van der Waals surface area contributed by atoms with Gasteiger partial charge in [0.15, 0.2) is 17.2 Å². The van der Waals surface area contributed by atoms with Crippen LogP contribution < -0.4 is 9.47 Å². The minimum Gasteiger partial charge on any atom is -0.476 e. The molecule has 0 bridgehead atoms. The molecule has 0 atom stereocenters. The van der Waals surface area contributed by atoms with Gasteiger partial charge in [0.05, 0.1) is 11.4 Å². The van der Waals surface area contributed by atoms with Crippen LogP contribution in [0.3, 0.4) is 0 Å². The fraction of sp³-hybridized carbons (Fsp3) is 0.182. The third-order valence-corrected chi connectivity index (χ3v) is 2.70. The Morgan fingerprint density at radius 2 is 2.17 bits per heavy atom. The van der Waals surface area contributed by atoms with E-state index in [4.69, 9.17) is 14.6 Å². The van der Waals surface area contributed by atoms with Crippen LogP contribution in [0.1, 0.15) is 16.2 Å². The van der Waals surface area contributed by atoms with Crippen LogP contribution in [0.25, 0.3) is 5.69 Å². The molecular weight excluding hydrogens is 238 g/mol. The van der Waals surface area contributed by atoms with Crippen molar-refractivity contribution < 1.29 is 19.4 Å². The second-order valence-corrected chi connectivity index (χ2v) is 3.78. The summed E-state index contributed by atoms with van der Waals surface area (Å²) in [5, 5.41) is 16.4. The zero-order chi connectivity index (χ0) is 12.7. The monoisotopic (exact) mass is 247 g/mol. The molecule has 0 amide bonds. The number of benzene rings is 1. The zero-order valence-corrected chi connectivity index (χ0v) is 9.45. The molecule has 0 saturated heterocycles. The number of carboxylic acid groups (broad SMARTS) is 1. The molecule has 0 fully saturated rings. The maximum Gasteiger partial charge on any atom is 0.358 e. The zero-order valence-electron chi connectivity index (χ0n) is 9.45. The minimum atomic E-state index is -1.10. The number of hydrogen-bond donors (Lipinski definition) is 1. The number of carboxylic acids is 1. The molecule has 2 aromatic rings. The molecule has 1 aromatic carbocycles. The first-order chi connectivity index (χ1) is 8.66. The van der Waals surface area contributed by atoms with Gasteiger partial charge in [-0.15, -0.1) is 5.10 Å². The molecule has 0 spiro atoms. The quantitative estimate of drug-likeness (QED) is 0.852. The van der Waals surface area contributed by atoms with E-state index in [9.17, 15) is 4.79 Å². The Labute approximate surface area is 102 Å². The third-order valence-electron chi connectivity index (χ3n) is 2.70. The topological polar surface area (TPSA) is 86.5 Å². The number of rotatable bonds is 2. The lowest BCUT2D eigenvalue weighted by molar-refractivity contribution is 0.0689. The summed E-state index contributed by atoms with van der Waals surface area (Å²) in [7, 11) is 0. The van der Waals surface area contributed by atoms with Crippen LogP contribution in [0.2, 0.25) is 0 Å². The molecular formula is C11H9N3O4. The van der Waals surface area contributed by atoms with Crippen LogP contribution in [0.15, 0.2) is 18.2 Å². The predicted molar refractivity (Wildman–Crippen MR) is 59.2 cm³/mol. The van der Waals surface area contributed by atoms with Crippen molar-refractivity contribution in [3.05, 3.63) is 29.6 Å². The predicted octanol–water partition coefficient (Wildman–Crippen LogP) is 1.00. The summed E-state index contributed by atoms with van der Waals surface area (Å²) in [4.78, 5) is 10.9. The van der Waals surface area contributed by atoms with Gasteiger partial charge in [-0.2, -0.15) is 0 Å². The smallest absolute Gasteiger partial charge is 0.358 e. The Balaban J connectivity index is 2.07.